The van der Waals surface area contributed by atoms with E-state index in [0.29, 0.717) is 16.7 Å². The Morgan fingerprint density at radius 2 is 2.00 bits per heavy atom. The topological polar surface area (TPSA) is 38.9 Å². The molecule has 3 aromatic heterocycles. The Kier molecular flexibility index (Phi) is 3.07. The maximum absolute atomic E-state index is 5.93. The molecular formula is C12H6Cl2N2OS. The summed E-state index contributed by atoms with van der Waals surface area (Å²) >= 11 is 13.5. The van der Waals surface area contributed by atoms with E-state index in [1.54, 1.807) is 17.4 Å². The summed E-state index contributed by atoms with van der Waals surface area (Å²) in [5.41, 5.74) is 0.461. The van der Waals surface area contributed by atoms with E-state index >= 15 is 0 Å². The zero-order chi connectivity index (χ0) is 12.5. The molecule has 0 aliphatic carbocycles. The minimum Gasteiger partial charge on any atom is -0.453 e. The zero-order valence-corrected chi connectivity index (χ0v) is 11.3. The second-order valence-corrected chi connectivity index (χ2v) is 5.22. The lowest BCUT2D eigenvalue weighted by molar-refractivity contribution is 0.602. The third-order valence-corrected chi connectivity index (χ3v) is 3.71. The summed E-state index contributed by atoms with van der Waals surface area (Å²) < 4.78 is 5.58. The second-order valence-electron chi connectivity index (χ2n) is 3.52. The molecule has 0 saturated carbocycles. The van der Waals surface area contributed by atoms with Crippen molar-refractivity contribution in [1.82, 2.24) is 10.2 Å². The highest BCUT2D eigenvalue weighted by Gasteiger charge is 2.11. The molecule has 6 heteroatoms. The first-order chi connectivity index (χ1) is 8.74. The van der Waals surface area contributed by atoms with Crippen LogP contribution in [0.2, 0.25) is 10.3 Å². The van der Waals surface area contributed by atoms with Crippen LogP contribution in [-0.4, -0.2) is 10.2 Å². The summed E-state index contributed by atoms with van der Waals surface area (Å²) in [4.78, 5) is 1.14. The number of aromatic nitrogens is 2. The Hall–Kier alpha value is -1.36. The van der Waals surface area contributed by atoms with Crippen LogP contribution < -0.4 is 0 Å². The third kappa shape index (κ3) is 2.14. The summed E-state index contributed by atoms with van der Waals surface area (Å²) in [5.74, 6) is 0.664. The number of furan rings is 1. The van der Waals surface area contributed by atoms with E-state index in [-0.39, 0.29) is 10.3 Å². The Balaban J connectivity index is 2.04. The average molecular weight is 297 g/mol. The number of thiophene rings is 1. The largest absolute Gasteiger partial charge is 0.453 e. The number of nitrogens with zero attached hydrogens (tertiary/aromatic N) is 2. The number of fused-ring (bicyclic) bond motifs is 1. The molecule has 3 rings (SSSR count). The Labute approximate surface area is 117 Å². The summed E-state index contributed by atoms with van der Waals surface area (Å²) in [7, 11) is 0. The van der Waals surface area contributed by atoms with Gasteiger partial charge < -0.3 is 4.42 Å². The van der Waals surface area contributed by atoms with Gasteiger partial charge >= 0.3 is 0 Å². The quantitative estimate of drug-likeness (QED) is 0.684. The molecule has 0 saturated heterocycles. The molecule has 18 heavy (non-hydrogen) atoms. The standard InChI is InChI=1S/C12H6Cl2N2OS/c13-11-9-6-7(3-4-8-2-1-5-18-8)17-10(9)12(14)16-15-11/h1-6H/b4-3+. The molecule has 0 spiro atoms. The highest BCUT2D eigenvalue weighted by atomic mass is 35.5. The maximum Gasteiger partial charge on any atom is 0.195 e. The van der Waals surface area contributed by atoms with Crippen LogP contribution in [-0.2, 0) is 0 Å². The molecule has 3 nitrogen and oxygen atoms in total. The van der Waals surface area contributed by atoms with Crippen molar-refractivity contribution in [3.05, 3.63) is 44.5 Å². The molecule has 0 aliphatic rings. The molecule has 0 amide bonds. The maximum atomic E-state index is 5.93. The molecular weight excluding hydrogens is 291 g/mol. The van der Waals surface area contributed by atoms with E-state index in [9.17, 15) is 0 Å². The molecule has 3 aromatic rings. The number of halogens is 2. The first-order valence-electron chi connectivity index (χ1n) is 5.07. The fraction of sp³-hybridized carbons (Fsp3) is 0. The first kappa shape index (κ1) is 11.7. The molecule has 0 aliphatic heterocycles. The van der Waals surface area contributed by atoms with Crippen molar-refractivity contribution < 1.29 is 4.42 Å². The van der Waals surface area contributed by atoms with Crippen molar-refractivity contribution in [1.29, 1.82) is 0 Å². The van der Waals surface area contributed by atoms with Crippen molar-refractivity contribution in [3.8, 4) is 0 Å². The molecule has 3 heterocycles. The van der Waals surface area contributed by atoms with E-state index in [2.05, 4.69) is 10.2 Å². The van der Waals surface area contributed by atoms with Crippen molar-refractivity contribution in [3.63, 3.8) is 0 Å². The van der Waals surface area contributed by atoms with Gasteiger partial charge in [0, 0.05) is 4.88 Å². The Morgan fingerprint density at radius 1 is 1.17 bits per heavy atom. The van der Waals surface area contributed by atoms with E-state index in [1.165, 1.54) is 0 Å². The predicted molar refractivity (Wildman–Crippen MR) is 75.1 cm³/mol. The number of hydrogen-bond acceptors (Lipinski definition) is 4. The highest BCUT2D eigenvalue weighted by Crippen LogP contribution is 2.30. The predicted octanol–water partition coefficient (Wildman–Crippen LogP) is 4.76. The smallest absolute Gasteiger partial charge is 0.195 e. The van der Waals surface area contributed by atoms with Gasteiger partial charge in [-0.2, -0.15) is 0 Å². The van der Waals surface area contributed by atoms with Gasteiger partial charge in [-0.3, -0.25) is 0 Å². The van der Waals surface area contributed by atoms with Gasteiger partial charge in [0.1, 0.15) is 5.76 Å². The SMILES string of the molecule is Clc1nnc(Cl)c2oc(/C=C/c3cccs3)cc12. The van der Waals surface area contributed by atoms with Gasteiger partial charge in [0.2, 0.25) is 0 Å². The van der Waals surface area contributed by atoms with Crippen LogP contribution in [0.4, 0.5) is 0 Å². The van der Waals surface area contributed by atoms with Crippen LogP contribution in [0.25, 0.3) is 23.1 Å². The third-order valence-electron chi connectivity index (χ3n) is 2.34. The van der Waals surface area contributed by atoms with Crippen LogP contribution in [0.5, 0.6) is 0 Å². The van der Waals surface area contributed by atoms with E-state index in [1.807, 2.05) is 29.7 Å². The van der Waals surface area contributed by atoms with Crippen LogP contribution in [0.1, 0.15) is 10.6 Å². The lowest BCUT2D eigenvalue weighted by Crippen LogP contribution is -1.82. The van der Waals surface area contributed by atoms with Crippen molar-refractivity contribution in [2.75, 3.05) is 0 Å². The number of rotatable bonds is 2. The molecule has 0 N–H and O–H groups in total. The van der Waals surface area contributed by atoms with Gasteiger partial charge in [-0.05, 0) is 29.7 Å². The second kappa shape index (κ2) is 4.72. The fourth-order valence-corrected chi connectivity index (χ4v) is 2.51. The molecule has 0 unspecified atom stereocenters. The minimum absolute atomic E-state index is 0.213. The average Bonchev–Trinajstić information content (AvgIpc) is 3.00. The Morgan fingerprint density at radius 3 is 2.72 bits per heavy atom. The van der Waals surface area contributed by atoms with Crippen molar-refractivity contribution >= 4 is 57.7 Å². The Bertz CT molecular complexity index is 680. The molecule has 0 bridgehead atoms. The van der Waals surface area contributed by atoms with Gasteiger partial charge in [-0.25, -0.2) is 0 Å². The van der Waals surface area contributed by atoms with Gasteiger partial charge in [0.25, 0.3) is 0 Å². The summed E-state index contributed by atoms with van der Waals surface area (Å²) in [5, 5.41) is 10.6. The van der Waals surface area contributed by atoms with E-state index in [4.69, 9.17) is 27.6 Å². The van der Waals surface area contributed by atoms with Crippen LogP contribution in [0.15, 0.2) is 28.0 Å². The summed E-state index contributed by atoms with van der Waals surface area (Å²) in [6, 6.07) is 5.81. The van der Waals surface area contributed by atoms with Crippen LogP contribution in [0.3, 0.4) is 0 Å². The summed E-state index contributed by atoms with van der Waals surface area (Å²) in [6.07, 6.45) is 3.82. The van der Waals surface area contributed by atoms with Gasteiger partial charge in [-0.15, -0.1) is 21.5 Å². The highest BCUT2D eigenvalue weighted by molar-refractivity contribution is 7.10. The number of hydrogen-bond donors (Lipinski definition) is 0. The van der Waals surface area contributed by atoms with Gasteiger partial charge in [-0.1, -0.05) is 29.3 Å². The fourth-order valence-electron chi connectivity index (χ4n) is 1.54. The molecule has 0 aromatic carbocycles. The van der Waals surface area contributed by atoms with E-state index in [0.717, 1.165) is 4.88 Å². The minimum atomic E-state index is 0.213. The lowest BCUT2D eigenvalue weighted by Gasteiger charge is -1.91. The molecule has 90 valence electrons. The summed E-state index contributed by atoms with van der Waals surface area (Å²) in [6.45, 7) is 0. The van der Waals surface area contributed by atoms with Gasteiger partial charge in [0.05, 0.1) is 5.39 Å². The molecule has 0 atom stereocenters. The first-order valence-corrected chi connectivity index (χ1v) is 6.70. The van der Waals surface area contributed by atoms with Crippen molar-refractivity contribution in [2.24, 2.45) is 0 Å². The van der Waals surface area contributed by atoms with Crippen molar-refractivity contribution in [2.45, 2.75) is 0 Å². The van der Waals surface area contributed by atoms with Crippen LogP contribution in [0, 0.1) is 0 Å². The van der Waals surface area contributed by atoms with E-state index < -0.39 is 0 Å². The normalized spacial score (nSPS) is 11.7. The van der Waals surface area contributed by atoms with Gasteiger partial charge in [0.15, 0.2) is 15.9 Å². The zero-order valence-electron chi connectivity index (χ0n) is 8.93. The molecule has 0 radical (unpaired) electrons. The lowest BCUT2D eigenvalue weighted by atomic mass is 10.3. The van der Waals surface area contributed by atoms with Crippen LogP contribution >= 0.6 is 34.5 Å². The molecule has 0 fully saturated rings. The monoisotopic (exact) mass is 296 g/mol.